The van der Waals surface area contributed by atoms with Gasteiger partial charge >= 0.3 is 0 Å². The number of nitrogen functional groups attached to an aromatic ring is 1. The van der Waals surface area contributed by atoms with Gasteiger partial charge in [-0.2, -0.15) is 0 Å². The summed E-state index contributed by atoms with van der Waals surface area (Å²) in [6.07, 6.45) is 2.64. The molecule has 0 unspecified atom stereocenters. The van der Waals surface area contributed by atoms with Crippen LogP contribution in [0.3, 0.4) is 0 Å². The van der Waals surface area contributed by atoms with Crippen molar-refractivity contribution in [3.8, 4) is 0 Å². The molecule has 1 atom stereocenters. The van der Waals surface area contributed by atoms with Crippen LogP contribution in [0, 0.1) is 5.92 Å². The van der Waals surface area contributed by atoms with E-state index in [-0.39, 0.29) is 0 Å². The van der Waals surface area contributed by atoms with Crippen molar-refractivity contribution in [1.82, 2.24) is 10.2 Å². The van der Waals surface area contributed by atoms with Gasteiger partial charge in [-0.15, -0.1) is 0 Å². The molecule has 98 valence electrons. The summed E-state index contributed by atoms with van der Waals surface area (Å²) in [5, 5.41) is 4.20. The summed E-state index contributed by atoms with van der Waals surface area (Å²) >= 11 is 6.14. The molecule has 4 heteroatoms. The molecule has 3 rings (SSSR count). The molecule has 3 N–H and O–H groups in total. The van der Waals surface area contributed by atoms with Crippen LogP contribution in [-0.2, 0) is 0 Å². The minimum Gasteiger partial charge on any atom is -0.398 e. The SMILES string of the molecule is Nc1ccc(Cl)cc1[C@@H](C1CC1)N1CCNCC1. The highest BCUT2D eigenvalue weighted by Crippen LogP contribution is 2.46. The normalized spacial score (nSPS) is 22.9. The maximum Gasteiger partial charge on any atom is 0.0410 e. The van der Waals surface area contributed by atoms with E-state index in [1.165, 1.54) is 18.4 Å². The Labute approximate surface area is 113 Å². The number of hydrogen-bond donors (Lipinski definition) is 2. The van der Waals surface area contributed by atoms with E-state index in [4.69, 9.17) is 17.3 Å². The van der Waals surface area contributed by atoms with Gasteiger partial charge in [0.05, 0.1) is 0 Å². The summed E-state index contributed by atoms with van der Waals surface area (Å²) in [6.45, 7) is 4.35. The standard InChI is InChI=1S/C14H20ClN3/c15-11-3-4-13(16)12(9-11)14(10-1-2-10)18-7-5-17-6-8-18/h3-4,9-10,14,17H,1-2,5-8,16H2/t14-/m1/s1. The average Bonchev–Trinajstić information content (AvgIpc) is 3.20. The molecule has 3 nitrogen and oxygen atoms in total. The lowest BCUT2D eigenvalue weighted by Crippen LogP contribution is -2.45. The van der Waals surface area contributed by atoms with E-state index in [9.17, 15) is 0 Å². The highest BCUT2D eigenvalue weighted by Gasteiger charge is 2.37. The maximum atomic E-state index is 6.16. The summed E-state index contributed by atoms with van der Waals surface area (Å²) in [7, 11) is 0. The number of piperazine rings is 1. The molecule has 0 spiro atoms. The number of nitrogens with two attached hydrogens (primary N) is 1. The number of hydrogen-bond acceptors (Lipinski definition) is 3. The van der Waals surface area contributed by atoms with Crippen molar-refractivity contribution in [3.05, 3.63) is 28.8 Å². The van der Waals surface area contributed by atoms with Crippen molar-refractivity contribution in [3.63, 3.8) is 0 Å². The largest absolute Gasteiger partial charge is 0.398 e. The van der Waals surface area contributed by atoms with Crippen LogP contribution < -0.4 is 11.1 Å². The van der Waals surface area contributed by atoms with Gasteiger partial charge in [-0.1, -0.05) is 11.6 Å². The second kappa shape index (κ2) is 5.08. The zero-order chi connectivity index (χ0) is 12.5. The van der Waals surface area contributed by atoms with E-state index in [1.54, 1.807) is 0 Å². The van der Waals surface area contributed by atoms with Crippen LogP contribution in [0.5, 0.6) is 0 Å². The third-order valence-corrected chi connectivity index (χ3v) is 4.22. The number of benzene rings is 1. The van der Waals surface area contributed by atoms with Crippen molar-refractivity contribution in [1.29, 1.82) is 0 Å². The Hall–Kier alpha value is -0.770. The van der Waals surface area contributed by atoms with E-state index in [1.807, 2.05) is 12.1 Å². The summed E-state index contributed by atoms with van der Waals surface area (Å²) in [5.41, 5.74) is 8.27. The number of halogens is 1. The first-order valence-corrected chi connectivity index (χ1v) is 7.13. The number of rotatable bonds is 3. The first-order valence-electron chi connectivity index (χ1n) is 6.75. The predicted octanol–water partition coefficient (Wildman–Crippen LogP) is 2.28. The van der Waals surface area contributed by atoms with Gasteiger partial charge in [0.25, 0.3) is 0 Å². The van der Waals surface area contributed by atoms with Crippen LogP contribution >= 0.6 is 11.6 Å². The summed E-state index contributed by atoms with van der Waals surface area (Å²) in [6, 6.07) is 6.34. The smallest absolute Gasteiger partial charge is 0.0410 e. The predicted molar refractivity (Wildman–Crippen MR) is 75.8 cm³/mol. The maximum absolute atomic E-state index is 6.16. The van der Waals surface area contributed by atoms with Crippen LogP contribution in [0.25, 0.3) is 0 Å². The molecule has 0 bridgehead atoms. The van der Waals surface area contributed by atoms with E-state index in [2.05, 4.69) is 16.3 Å². The molecule has 0 radical (unpaired) electrons. The van der Waals surface area contributed by atoms with Crippen molar-refractivity contribution in [2.24, 2.45) is 5.92 Å². The molecule has 1 saturated carbocycles. The lowest BCUT2D eigenvalue weighted by molar-refractivity contribution is 0.156. The van der Waals surface area contributed by atoms with Crippen LogP contribution in [0.2, 0.25) is 5.02 Å². The summed E-state index contributed by atoms with van der Waals surface area (Å²) < 4.78 is 0. The van der Waals surface area contributed by atoms with Gasteiger partial charge in [-0.25, -0.2) is 0 Å². The molecular weight excluding hydrogens is 246 g/mol. The second-order valence-electron chi connectivity index (χ2n) is 5.34. The fourth-order valence-electron chi connectivity index (χ4n) is 2.92. The minimum atomic E-state index is 0.464. The molecular formula is C14H20ClN3. The molecule has 1 aromatic carbocycles. The molecule has 1 heterocycles. The Morgan fingerprint density at radius 1 is 1.28 bits per heavy atom. The van der Waals surface area contributed by atoms with E-state index >= 15 is 0 Å². The number of anilines is 1. The van der Waals surface area contributed by atoms with Crippen LogP contribution in [0.15, 0.2) is 18.2 Å². The Kier molecular flexibility index (Phi) is 3.46. The Morgan fingerprint density at radius 2 is 2.00 bits per heavy atom. The third kappa shape index (κ3) is 2.48. The van der Waals surface area contributed by atoms with Gasteiger partial charge in [0, 0.05) is 42.9 Å². The Balaban J connectivity index is 1.90. The zero-order valence-electron chi connectivity index (χ0n) is 10.5. The van der Waals surface area contributed by atoms with Crippen molar-refractivity contribution in [2.75, 3.05) is 31.9 Å². The lowest BCUT2D eigenvalue weighted by atomic mass is 9.98. The summed E-state index contributed by atoms with van der Waals surface area (Å²) in [5.74, 6) is 0.767. The molecule has 0 aromatic heterocycles. The van der Waals surface area contributed by atoms with Crippen molar-refractivity contribution >= 4 is 17.3 Å². The van der Waals surface area contributed by atoms with Gasteiger partial charge in [-0.05, 0) is 42.5 Å². The van der Waals surface area contributed by atoms with E-state index < -0.39 is 0 Å². The molecule has 1 aliphatic carbocycles. The monoisotopic (exact) mass is 265 g/mol. The first-order chi connectivity index (χ1) is 8.75. The Morgan fingerprint density at radius 3 is 2.67 bits per heavy atom. The molecule has 18 heavy (non-hydrogen) atoms. The second-order valence-corrected chi connectivity index (χ2v) is 5.78. The quantitative estimate of drug-likeness (QED) is 0.824. The zero-order valence-corrected chi connectivity index (χ0v) is 11.3. The van der Waals surface area contributed by atoms with Crippen molar-refractivity contribution < 1.29 is 0 Å². The lowest BCUT2D eigenvalue weighted by Gasteiger charge is -2.36. The first kappa shape index (κ1) is 12.3. The van der Waals surface area contributed by atoms with Gasteiger partial charge in [-0.3, -0.25) is 4.90 Å². The highest BCUT2D eigenvalue weighted by molar-refractivity contribution is 6.30. The fourth-order valence-corrected chi connectivity index (χ4v) is 3.10. The number of nitrogens with zero attached hydrogens (tertiary/aromatic N) is 1. The average molecular weight is 266 g/mol. The fraction of sp³-hybridized carbons (Fsp3) is 0.571. The molecule has 1 aromatic rings. The highest BCUT2D eigenvalue weighted by atomic mass is 35.5. The number of nitrogens with one attached hydrogen (secondary N) is 1. The van der Waals surface area contributed by atoms with Gasteiger partial charge in [0.15, 0.2) is 0 Å². The van der Waals surface area contributed by atoms with E-state index in [0.717, 1.165) is 42.8 Å². The topological polar surface area (TPSA) is 41.3 Å². The molecule has 2 fully saturated rings. The summed E-state index contributed by atoms with van der Waals surface area (Å²) in [4.78, 5) is 2.57. The van der Waals surface area contributed by atoms with Crippen LogP contribution in [0.1, 0.15) is 24.4 Å². The minimum absolute atomic E-state index is 0.464. The van der Waals surface area contributed by atoms with E-state index in [0.29, 0.717) is 6.04 Å². The van der Waals surface area contributed by atoms with Crippen LogP contribution in [0.4, 0.5) is 5.69 Å². The third-order valence-electron chi connectivity index (χ3n) is 3.98. The molecule has 1 aliphatic heterocycles. The molecule has 1 saturated heterocycles. The van der Waals surface area contributed by atoms with Gasteiger partial charge < -0.3 is 11.1 Å². The Bertz CT molecular complexity index is 425. The molecule has 2 aliphatic rings. The molecule has 0 amide bonds. The van der Waals surface area contributed by atoms with Gasteiger partial charge in [0.1, 0.15) is 0 Å². The van der Waals surface area contributed by atoms with Gasteiger partial charge in [0.2, 0.25) is 0 Å². The van der Waals surface area contributed by atoms with Crippen LogP contribution in [-0.4, -0.2) is 31.1 Å². The van der Waals surface area contributed by atoms with Crippen molar-refractivity contribution in [2.45, 2.75) is 18.9 Å².